The predicted molar refractivity (Wildman–Crippen MR) is 139 cm³/mol. The summed E-state index contributed by atoms with van der Waals surface area (Å²) in [6, 6.07) is 20.6. The van der Waals surface area contributed by atoms with Crippen LogP contribution in [-0.4, -0.2) is 70.6 Å². The highest BCUT2D eigenvalue weighted by Crippen LogP contribution is 2.19. The van der Waals surface area contributed by atoms with E-state index < -0.39 is 0 Å². The molecule has 0 N–H and O–H groups in total. The first-order valence-electron chi connectivity index (χ1n) is 11.9. The molecule has 0 radical (unpaired) electrons. The van der Waals surface area contributed by atoms with Gasteiger partial charge in [-0.05, 0) is 56.7 Å². The van der Waals surface area contributed by atoms with Crippen LogP contribution >= 0.6 is 11.6 Å². The van der Waals surface area contributed by atoms with Crippen molar-refractivity contribution in [3.8, 4) is 11.3 Å². The maximum Gasteiger partial charge on any atom is 0.254 e. The molecule has 1 fully saturated rings. The first kappa shape index (κ1) is 24.7. The first-order chi connectivity index (χ1) is 16.9. The van der Waals surface area contributed by atoms with Crippen molar-refractivity contribution in [1.29, 1.82) is 0 Å². The molecule has 2 aromatic carbocycles. The van der Waals surface area contributed by atoms with Gasteiger partial charge in [0.15, 0.2) is 5.82 Å². The topological polar surface area (TPSA) is 69.6 Å². The van der Waals surface area contributed by atoms with Gasteiger partial charge < -0.3 is 14.7 Å². The second-order valence-electron chi connectivity index (χ2n) is 8.90. The summed E-state index contributed by atoms with van der Waals surface area (Å²) in [5.74, 6) is 0.587. The smallest absolute Gasteiger partial charge is 0.254 e. The molecule has 1 saturated heterocycles. The number of nitrogens with zero attached hydrogens (tertiary/aromatic N) is 5. The predicted octanol–water partition coefficient (Wildman–Crippen LogP) is 4.39. The molecule has 8 heteroatoms. The molecule has 182 valence electrons. The number of rotatable bonds is 6. The van der Waals surface area contributed by atoms with Crippen LogP contribution in [0.3, 0.4) is 0 Å². The van der Waals surface area contributed by atoms with E-state index in [1.54, 1.807) is 29.2 Å². The first-order valence-corrected chi connectivity index (χ1v) is 12.3. The van der Waals surface area contributed by atoms with Crippen LogP contribution in [0.5, 0.6) is 0 Å². The average molecular weight is 492 g/mol. The van der Waals surface area contributed by atoms with E-state index >= 15 is 0 Å². The highest BCUT2D eigenvalue weighted by Gasteiger charge is 2.26. The molecule has 0 aliphatic carbocycles. The second kappa shape index (κ2) is 11.3. The molecule has 0 spiro atoms. The molecule has 0 saturated carbocycles. The highest BCUT2D eigenvalue weighted by atomic mass is 35.5. The SMILES string of the molecule is CC(C)N(CC(=O)N1CCCN(c2ccc(-c3ccccc3)nn2)CC1)C(=O)c1ccc(Cl)cc1. The van der Waals surface area contributed by atoms with E-state index in [4.69, 9.17) is 11.6 Å². The Morgan fingerprint density at radius 3 is 2.31 bits per heavy atom. The summed E-state index contributed by atoms with van der Waals surface area (Å²) >= 11 is 5.95. The molecule has 1 aromatic heterocycles. The summed E-state index contributed by atoms with van der Waals surface area (Å²) in [6.07, 6.45) is 0.820. The van der Waals surface area contributed by atoms with E-state index in [0.717, 1.165) is 30.0 Å². The van der Waals surface area contributed by atoms with Crippen LogP contribution < -0.4 is 4.90 Å². The number of aromatic nitrogens is 2. The Morgan fingerprint density at radius 1 is 0.914 bits per heavy atom. The molecule has 2 amide bonds. The monoisotopic (exact) mass is 491 g/mol. The van der Waals surface area contributed by atoms with Crippen LogP contribution in [-0.2, 0) is 4.79 Å². The minimum Gasteiger partial charge on any atom is -0.353 e. The fraction of sp³-hybridized carbons (Fsp3) is 0.333. The summed E-state index contributed by atoms with van der Waals surface area (Å²) in [5, 5.41) is 9.40. The molecule has 1 aliphatic heterocycles. The highest BCUT2D eigenvalue weighted by molar-refractivity contribution is 6.30. The van der Waals surface area contributed by atoms with E-state index in [1.807, 2.05) is 61.2 Å². The Balaban J connectivity index is 1.37. The fourth-order valence-corrected chi connectivity index (χ4v) is 4.27. The van der Waals surface area contributed by atoms with E-state index in [2.05, 4.69) is 15.1 Å². The zero-order valence-electron chi connectivity index (χ0n) is 20.1. The van der Waals surface area contributed by atoms with Crippen LogP contribution in [0.2, 0.25) is 5.02 Å². The van der Waals surface area contributed by atoms with E-state index in [1.165, 1.54) is 0 Å². The van der Waals surface area contributed by atoms with E-state index in [-0.39, 0.29) is 24.4 Å². The summed E-state index contributed by atoms with van der Waals surface area (Å²) in [6.45, 7) is 6.56. The van der Waals surface area contributed by atoms with Gasteiger partial charge >= 0.3 is 0 Å². The molecule has 0 bridgehead atoms. The molecule has 2 heterocycles. The number of amides is 2. The third kappa shape index (κ3) is 6.17. The third-order valence-electron chi connectivity index (χ3n) is 6.17. The van der Waals surface area contributed by atoms with Crippen molar-refractivity contribution < 1.29 is 9.59 Å². The van der Waals surface area contributed by atoms with Crippen LogP contribution in [0.25, 0.3) is 11.3 Å². The minimum absolute atomic E-state index is 0.0463. The molecule has 0 atom stereocenters. The van der Waals surface area contributed by atoms with Crippen LogP contribution in [0.15, 0.2) is 66.7 Å². The number of anilines is 1. The van der Waals surface area contributed by atoms with Gasteiger partial charge in [-0.25, -0.2) is 0 Å². The van der Waals surface area contributed by atoms with E-state index in [9.17, 15) is 9.59 Å². The van der Waals surface area contributed by atoms with Crippen LogP contribution in [0.1, 0.15) is 30.6 Å². The van der Waals surface area contributed by atoms with Gasteiger partial charge in [-0.2, -0.15) is 0 Å². The van der Waals surface area contributed by atoms with Crippen LogP contribution in [0, 0.1) is 0 Å². The summed E-state index contributed by atoms with van der Waals surface area (Å²) in [5.41, 5.74) is 2.39. The lowest BCUT2D eigenvalue weighted by Crippen LogP contribution is -2.46. The van der Waals surface area contributed by atoms with E-state index in [0.29, 0.717) is 30.2 Å². The molecular weight excluding hydrogens is 462 g/mol. The van der Waals surface area contributed by atoms with Crippen molar-refractivity contribution in [3.63, 3.8) is 0 Å². The van der Waals surface area contributed by atoms with Crippen molar-refractivity contribution in [2.24, 2.45) is 0 Å². The lowest BCUT2D eigenvalue weighted by molar-refractivity contribution is -0.132. The minimum atomic E-state index is -0.171. The Morgan fingerprint density at radius 2 is 1.66 bits per heavy atom. The Hall–Kier alpha value is -3.45. The molecular formula is C27H30ClN5O2. The van der Waals surface area contributed by atoms with Gasteiger partial charge in [0, 0.05) is 48.4 Å². The van der Waals surface area contributed by atoms with Gasteiger partial charge in [0.1, 0.15) is 6.54 Å². The zero-order valence-corrected chi connectivity index (χ0v) is 20.9. The molecule has 7 nitrogen and oxygen atoms in total. The van der Waals surface area contributed by atoms with Crippen molar-refractivity contribution in [3.05, 3.63) is 77.3 Å². The van der Waals surface area contributed by atoms with Crippen LogP contribution in [0.4, 0.5) is 5.82 Å². The number of halogens is 1. The lowest BCUT2D eigenvalue weighted by atomic mass is 10.1. The normalized spacial score (nSPS) is 14.1. The maximum atomic E-state index is 13.2. The average Bonchev–Trinajstić information content (AvgIpc) is 3.14. The Bertz CT molecular complexity index is 1140. The molecule has 3 aromatic rings. The Labute approximate surface area is 211 Å². The lowest BCUT2D eigenvalue weighted by Gasteiger charge is -2.29. The number of benzene rings is 2. The molecule has 0 unspecified atom stereocenters. The standard InChI is InChI=1S/C27H30ClN5O2/c1-20(2)33(27(35)22-9-11-23(28)12-10-22)19-26(34)32-16-6-15-31(17-18-32)25-14-13-24(29-30-25)21-7-4-3-5-8-21/h3-5,7-14,20H,6,15-19H2,1-2H3. The third-order valence-corrected chi connectivity index (χ3v) is 6.43. The molecule has 35 heavy (non-hydrogen) atoms. The zero-order chi connectivity index (χ0) is 24.8. The Kier molecular flexibility index (Phi) is 7.98. The number of carbonyl (C=O) groups excluding carboxylic acids is 2. The number of carbonyl (C=O) groups is 2. The summed E-state index contributed by atoms with van der Waals surface area (Å²) < 4.78 is 0. The van der Waals surface area contributed by atoms with Crippen molar-refractivity contribution in [1.82, 2.24) is 20.0 Å². The fourth-order valence-electron chi connectivity index (χ4n) is 4.15. The van der Waals surface area contributed by atoms with Crippen molar-refractivity contribution in [2.45, 2.75) is 26.3 Å². The molecule has 4 rings (SSSR count). The quantitative estimate of drug-likeness (QED) is 0.511. The van der Waals surface area contributed by atoms with Crippen molar-refractivity contribution >= 4 is 29.2 Å². The number of hydrogen-bond donors (Lipinski definition) is 0. The van der Waals surface area contributed by atoms with Gasteiger partial charge in [0.2, 0.25) is 5.91 Å². The number of hydrogen-bond acceptors (Lipinski definition) is 5. The van der Waals surface area contributed by atoms with Gasteiger partial charge in [-0.3, -0.25) is 9.59 Å². The van der Waals surface area contributed by atoms with Gasteiger partial charge in [0.25, 0.3) is 5.91 Å². The largest absolute Gasteiger partial charge is 0.353 e. The van der Waals surface area contributed by atoms with Gasteiger partial charge in [-0.1, -0.05) is 41.9 Å². The second-order valence-corrected chi connectivity index (χ2v) is 9.33. The maximum absolute atomic E-state index is 13.2. The summed E-state index contributed by atoms with van der Waals surface area (Å²) in [4.78, 5) is 31.8. The van der Waals surface area contributed by atoms with Gasteiger partial charge in [0.05, 0.1) is 5.69 Å². The molecule has 1 aliphatic rings. The van der Waals surface area contributed by atoms with Gasteiger partial charge in [-0.15, -0.1) is 10.2 Å². The van der Waals surface area contributed by atoms with Crippen molar-refractivity contribution in [2.75, 3.05) is 37.6 Å². The summed E-state index contributed by atoms with van der Waals surface area (Å²) in [7, 11) is 0.